The van der Waals surface area contributed by atoms with E-state index in [0.717, 1.165) is 12.1 Å². The molecule has 0 atom stereocenters. The van der Waals surface area contributed by atoms with Crippen molar-refractivity contribution in [1.29, 1.82) is 0 Å². The normalized spacial score (nSPS) is 11.5. The fourth-order valence-electron chi connectivity index (χ4n) is 1.53. The van der Waals surface area contributed by atoms with Crippen LogP contribution in [0.3, 0.4) is 0 Å². The Morgan fingerprint density at radius 1 is 1.19 bits per heavy atom. The lowest BCUT2D eigenvalue weighted by molar-refractivity contribution is -0.137. The predicted octanol–water partition coefficient (Wildman–Crippen LogP) is 5.75. The SMILES string of the molecule is FC(F)(F)c1cc(OCc2cc(Cl)ncc2Br)ccc1Cl. The van der Waals surface area contributed by atoms with Crippen LogP contribution in [0.2, 0.25) is 10.2 Å². The molecule has 0 aliphatic heterocycles. The van der Waals surface area contributed by atoms with Gasteiger partial charge in [-0.2, -0.15) is 13.2 Å². The van der Waals surface area contributed by atoms with Crippen LogP contribution < -0.4 is 4.74 Å². The first-order valence-electron chi connectivity index (χ1n) is 5.57. The van der Waals surface area contributed by atoms with E-state index in [2.05, 4.69) is 20.9 Å². The van der Waals surface area contributed by atoms with E-state index in [-0.39, 0.29) is 22.5 Å². The topological polar surface area (TPSA) is 22.1 Å². The number of hydrogen-bond acceptors (Lipinski definition) is 2. The second-order valence-corrected chi connectivity index (χ2v) is 5.68. The minimum Gasteiger partial charge on any atom is -0.489 e. The van der Waals surface area contributed by atoms with Gasteiger partial charge in [-0.1, -0.05) is 23.2 Å². The summed E-state index contributed by atoms with van der Waals surface area (Å²) in [5.74, 6) is 0.0616. The van der Waals surface area contributed by atoms with Crippen LogP contribution in [0.25, 0.3) is 0 Å². The average molecular weight is 401 g/mol. The Morgan fingerprint density at radius 2 is 1.90 bits per heavy atom. The number of aromatic nitrogens is 1. The van der Waals surface area contributed by atoms with E-state index in [1.54, 1.807) is 6.07 Å². The van der Waals surface area contributed by atoms with Crippen LogP contribution in [0.4, 0.5) is 13.2 Å². The van der Waals surface area contributed by atoms with Crippen LogP contribution in [0.15, 0.2) is 34.9 Å². The number of benzene rings is 1. The van der Waals surface area contributed by atoms with Crippen molar-refractivity contribution < 1.29 is 17.9 Å². The molecule has 2 nitrogen and oxygen atoms in total. The van der Waals surface area contributed by atoms with E-state index < -0.39 is 11.7 Å². The highest BCUT2D eigenvalue weighted by Gasteiger charge is 2.33. The number of alkyl halides is 3. The van der Waals surface area contributed by atoms with Crippen LogP contribution in [0, 0.1) is 0 Å². The van der Waals surface area contributed by atoms with Crippen molar-refractivity contribution in [3.8, 4) is 5.75 Å². The molecule has 2 aromatic rings. The zero-order valence-corrected chi connectivity index (χ0v) is 13.3. The van der Waals surface area contributed by atoms with Gasteiger partial charge >= 0.3 is 6.18 Å². The van der Waals surface area contributed by atoms with Gasteiger partial charge in [-0.3, -0.25) is 0 Å². The Bertz CT molecular complexity index is 664. The molecule has 1 aromatic heterocycles. The molecule has 0 aliphatic carbocycles. The highest BCUT2D eigenvalue weighted by atomic mass is 79.9. The summed E-state index contributed by atoms with van der Waals surface area (Å²) in [7, 11) is 0. The fraction of sp³-hybridized carbons (Fsp3) is 0.154. The average Bonchev–Trinajstić information content (AvgIpc) is 2.40. The van der Waals surface area contributed by atoms with Gasteiger partial charge in [0.2, 0.25) is 0 Å². The summed E-state index contributed by atoms with van der Waals surface area (Å²) in [6.45, 7) is 0.0434. The molecule has 21 heavy (non-hydrogen) atoms. The molecular weight excluding hydrogens is 394 g/mol. The van der Waals surface area contributed by atoms with Crippen molar-refractivity contribution in [2.24, 2.45) is 0 Å². The molecule has 1 aromatic carbocycles. The molecule has 0 amide bonds. The third-order valence-corrected chi connectivity index (χ3v) is 3.79. The number of hydrogen-bond donors (Lipinski definition) is 0. The zero-order valence-electron chi connectivity index (χ0n) is 10.2. The quantitative estimate of drug-likeness (QED) is 0.612. The molecular formula is C13H7BrCl2F3NO. The third kappa shape index (κ3) is 4.25. The van der Waals surface area contributed by atoms with Gasteiger partial charge in [0, 0.05) is 16.2 Å². The standard InChI is InChI=1S/C13H7BrCl2F3NO/c14-10-5-20-12(16)3-7(10)6-21-8-1-2-11(15)9(4-8)13(17,18)19/h1-5H,6H2. The maximum absolute atomic E-state index is 12.7. The minimum atomic E-state index is -4.53. The molecule has 0 N–H and O–H groups in total. The molecule has 1 heterocycles. The Balaban J connectivity index is 2.19. The molecule has 0 bridgehead atoms. The number of ether oxygens (including phenoxy) is 1. The molecule has 0 aliphatic rings. The lowest BCUT2D eigenvalue weighted by Gasteiger charge is -2.12. The summed E-state index contributed by atoms with van der Waals surface area (Å²) < 4.78 is 44.2. The highest BCUT2D eigenvalue weighted by Crippen LogP contribution is 2.37. The van der Waals surface area contributed by atoms with Crippen molar-refractivity contribution in [2.75, 3.05) is 0 Å². The first-order chi connectivity index (χ1) is 9.77. The van der Waals surface area contributed by atoms with E-state index in [1.807, 2.05) is 0 Å². The van der Waals surface area contributed by atoms with Crippen LogP contribution in [0.1, 0.15) is 11.1 Å². The Labute approximate surface area is 137 Å². The summed E-state index contributed by atoms with van der Waals surface area (Å²) in [4.78, 5) is 3.85. The van der Waals surface area contributed by atoms with Gasteiger partial charge in [0.15, 0.2) is 0 Å². The summed E-state index contributed by atoms with van der Waals surface area (Å²) in [6.07, 6.45) is -3.04. The highest BCUT2D eigenvalue weighted by molar-refractivity contribution is 9.10. The van der Waals surface area contributed by atoms with E-state index in [4.69, 9.17) is 27.9 Å². The summed E-state index contributed by atoms with van der Waals surface area (Å²) in [6, 6.07) is 4.94. The number of pyridine rings is 1. The van der Waals surface area contributed by atoms with Crippen LogP contribution in [0.5, 0.6) is 5.75 Å². The monoisotopic (exact) mass is 399 g/mol. The van der Waals surface area contributed by atoms with E-state index in [0.29, 0.717) is 10.0 Å². The van der Waals surface area contributed by atoms with Gasteiger partial charge in [0.1, 0.15) is 17.5 Å². The molecule has 112 valence electrons. The predicted molar refractivity (Wildman–Crippen MR) is 77.7 cm³/mol. The minimum absolute atomic E-state index is 0.0434. The van der Waals surface area contributed by atoms with Crippen molar-refractivity contribution >= 4 is 39.1 Å². The summed E-state index contributed by atoms with van der Waals surface area (Å²) in [5, 5.41) is -0.105. The molecule has 0 unspecified atom stereocenters. The van der Waals surface area contributed by atoms with Gasteiger partial charge in [0.25, 0.3) is 0 Å². The van der Waals surface area contributed by atoms with Crippen LogP contribution >= 0.6 is 39.1 Å². The summed E-state index contributed by atoms with van der Waals surface area (Å²) in [5.41, 5.74) is -0.271. The zero-order chi connectivity index (χ0) is 15.6. The molecule has 2 rings (SSSR count). The van der Waals surface area contributed by atoms with Gasteiger partial charge in [-0.15, -0.1) is 0 Å². The lowest BCUT2D eigenvalue weighted by Crippen LogP contribution is -2.06. The van der Waals surface area contributed by atoms with Gasteiger partial charge < -0.3 is 4.74 Å². The van der Waals surface area contributed by atoms with Gasteiger partial charge in [-0.05, 0) is 40.2 Å². The smallest absolute Gasteiger partial charge is 0.417 e. The second kappa shape index (κ2) is 6.42. The van der Waals surface area contributed by atoms with Crippen molar-refractivity contribution in [1.82, 2.24) is 4.98 Å². The van der Waals surface area contributed by atoms with E-state index >= 15 is 0 Å². The van der Waals surface area contributed by atoms with Crippen molar-refractivity contribution in [3.05, 3.63) is 56.2 Å². The lowest BCUT2D eigenvalue weighted by atomic mass is 10.2. The van der Waals surface area contributed by atoms with Crippen LogP contribution in [-0.4, -0.2) is 4.98 Å². The second-order valence-electron chi connectivity index (χ2n) is 4.03. The number of nitrogens with zero attached hydrogens (tertiary/aromatic N) is 1. The Kier molecular flexibility index (Phi) is 5.01. The first-order valence-corrected chi connectivity index (χ1v) is 7.12. The number of rotatable bonds is 3. The van der Waals surface area contributed by atoms with E-state index in [9.17, 15) is 13.2 Å². The Hall–Kier alpha value is -0.980. The molecule has 0 saturated carbocycles. The van der Waals surface area contributed by atoms with Crippen LogP contribution in [-0.2, 0) is 12.8 Å². The van der Waals surface area contributed by atoms with Gasteiger partial charge in [0.05, 0.1) is 10.6 Å². The molecule has 0 fully saturated rings. The summed E-state index contributed by atoms with van der Waals surface area (Å²) >= 11 is 14.5. The fourth-order valence-corrected chi connectivity index (χ4v) is 2.27. The first kappa shape index (κ1) is 16.4. The Morgan fingerprint density at radius 3 is 2.57 bits per heavy atom. The molecule has 0 radical (unpaired) electrons. The van der Waals surface area contributed by atoms with Crippen molar-refractivity contribution in [3.63, 3.8) is 0 Å². The van der Waals surface area contributed by atoms with Crippen molar-refractivity contribution in [2.45, 2.75) is 12.8 Å². The van der Waals surface area contributed by atoms with Gasteiger partial charge in [-0.25, -0.2) is 4.98 Å². The molecule has 0 spiro atoms. The largest absolute Gasteiger partial charge is 0.489 e. The van der Waals surface area contributed by atoms with E-state index in [1.165, 1.54) is 12.3 Å². The number of halogens is 6. The maximum atomic E-state index is 12.7. The molecule has 8 heteroatoms. The molecule has 0 saturated heterocycles. The maximum Gasteiger partial charge on any atom is 0.417 e. The third-order valence-electron chi connectivity index (χ3n) is 2.54.